The van der Waals surface area contributed by atoms with Gasteiger partial charge in [-0.2, -0.15) is 0 Å². The average molecular weight is 465 g/mol. The van der Waals surface area contributed by atoms with E-state index in [9.17, 15) is 4.79 Å². The van der Waals surface area contributed by atoms with E-state index in [1.807, 2.05) is 0 Å². The molecule has 3 heteroatoms. The van der Waals surface area contributed by atoms with E-state index < -0.39 is 0 Å². The van der Waals surface area contributed by atoms with Crippen LogP contribution in [0.4, 0.5) is 11.4 Å². The van der Waals surface area contributed by atoms with Crippen LogP contribution in [-0.2, 0) is 15.6 Å². The van der Waals surface area contributed by atoms with E-state index in [4.69, 9.17) is 0 Å². The predicted octanol–water partition coefficient (Wildman–Crippen LogP) is 7.22. The normalized spacial score (nSPS) is 25.1. The molecule has 2 aromatic carbocycles. The molecule has 0 radical (unpaired) electrons. The Balaban J connectivity index is 1.43. The van der Waals surface area contributed by atoms with Crippen molar-refractivity contribution in [2.24, 2.45) is 0 Å². The third-order valence-corrected chi connectivity index (χ3v) is 8.24. The van der Waals surface area contributed by atoms with Crippen LogP contribution >= 0.6 is 0 Å². The fraction of sp³-hybridized carbons (Fsp3) is 0.344. The third kappa shape index (κ3) is 3.69. The van der Waals surface area contributed by atoms with Crippen LogP contribution in [0.25, 0.3) is 0 Å². The molecule has 1 aliphatic carbocycles. The number of rotatable bonds is 2. The van der Waals surface area contributed by atoms with Crippen molar-refractivity contribution < 1.29 is 4.79 Å². The molecular formula is C32H36N2O. The highest BCUT2D eigenvalue weighted by Gasteiger charge is 2.39. The van der Waals surface area contributed by atoms with E-state index in [-0.39, 0.29) is 16.6 Å². The van der Waals surface area contributed by atoms with E-state index >= 15 is 0 Å². The first-order valence-corrected chi connectivity index (χ1v) is 12.7. The summed E-state index contributed by atoms with van der Waals surface area (Å²) in [5.74, 6) is 0.192. The van der Waals surface area contributed by atoms with Crippen LogP contribution in [0, 0.1) is 0 Å². The summed E-state index contributed by atoms with van der Waals surface area (Å²) >= 11 is 0. The summed E-state index contributed by atoms with van der Waals surface area (Å²) < 4.78 is 0. The molecule has 180 valence electrons. The largest absolute Gasteiger partial charge is 0.347 e. The number of fused-ring (bicyclic) bond motifs is 2. The van der Waals surface area contributed by atoms with Crippen LogP contribution in [0.1, 0.15) is 58.1 Å². The monoisotopic (exact) mass is 464 g/mol. The number of carbonyl (C=O) groups is 1. The second kappa shape index (κ2) is 8.41. The molecule has 2 heterocycles. The van der Waals surface area contributed by atoms with Crippen molar-refractivity contribution in [3.05, 3.63) is 107 Å². The summed E-state index contributed by atoms with van der Waals surface area (Å²) in [5.41, 5.74) is 9.26. The van der Waals surface area contributed by atoms with E-state index in [1.165, 1.54) is 33.9 Å². The number of allylic oxidation sites excluding steroid dienone is 8. The number of likely N-dealkylation sites (N-methyl/N-ethyl adjacent to an activating group) is 2. The number of para-hydroxylation sites is 2. The maximum atomic E-state index is 13.4. The molecule has 3 nitrogen and oxygen atoms in total. The SMILES string of the molecule is CN1/C(=C\C=C2\CCC/C(=C\C=C3\N(C)c4ccccc4C3(C)C)C2=O)C(C)(C)c2ccccc21. The number of benzene rings is 2. The molecule has 3 aliphatic rings. The molecule has 1 saturated carbocycles. The van der Waals surface area contributed by atoms with Crippen molar-refractivity contribution in [1.82, 2.24) is 0 Å². The fourth-order valence-electron chi connectivity index (χ4n) is 6.18. The molecule has 1 fully saturated rings. The van der Waals surface area contributed by atoms with Gasteiger partial charge in [0.25, 0.3) is 0 Å². The average Bonchev–Trinajstić information content (AvgIpc) is 3.16. The summed E-state index contributed by atoms with van der Waals surface area (Å²) in [6.45, 7) is 9.05. The lowest BCUT2D eigenvalue weighted by Gasteiger charge is -2.24. The highest BCUT2D eigenvalue weighted by Crippen LogP contribution is 2.48. The van der Waals surface area contributed by atoms with Crippen LogP contribution in [0.15, 0.2) is 95.4 Å². The van der Waals surface area contributed by atoms with Crippen molar-refractivity contribution >= 4 is 17.2 Å². The number of carbonyl (C=O) groups excluding carboxylic acids is 1. The van der Waals surface area contributed by atoms with Crippen molar-refractivity contribution in [1.29, 1.82) is 0 Å². The van der Waals surface area contributed by atoms with Crippen LogP contribution in [-0.4, -0.2) is 19.9 Å². The first kappa shape index (κ1) is 23.4. The number of anilines is 2. The van der Waals surface area contributed by atoms with Gasteiger partial charge in [0.05, 0.1) is 0 Å². The molecule has 0 spiro atoms. The second-order valence-corrected chi connectivity index (χ2v) is 11.1. The van der Waals surface area contributed by atoms with Crippen LogP contribution in [0.3, 0.4) is 0 Å². The Labute approximate surface area is 210 Å². The predicted molar refractivity (Wildman–Crippen MR) is 147 cm³/mol. The Bertz CT molecular complexity index is 1220. The number of ketones is 1. The van der Waals surface area contributed by atoms with Gasteiger partial charge in [0.1, 0.15) is 0 Å². The van der Waals surface area contributed by atoms with Gasteiger partial charge in [0.2, 0.25) is 0 Å². The van der Waals surface area contributed by atoms with Crippen LogP contribution in [0.2, 0.25) is 0 Å². The molecule has 0 unspecified atom stereocenters. The quantitative estimate of drug-likeness (QED) is 0.439. The number of Topliss-reactive ketones (excluding diaryl/α,β-unsaturated/α-hetero) is 1. The van der Waals surface area contributed by atoms with Gasteiger partial charge in [-0.3, -0.25) is 4.79 Å². The van der Waals surface area contributed by atoms with Crippen molar-refractivity contribution in [2.45, 2.75) is 57.8 Å². The summed E-state index contributed by atoms with van der Waals surface area (Å²) in [4.78, 5) is 18.0. The van der Waals surface area contributed by atoms with Gasteiger partial charge in [0, 0.05) is 47.7 Å². The minimum absolute atomic E-state index is 0.0865. The maximum absolute atomic E-state index is 13.4. The zero-order chi connectivity index (χ0) is 25.0. The number of nitrogens with zero attached hydrogens (tertiary/aromatic N) is 2. The molecule has 0 N–H and O–H groups in total. The summed E-state index contributed by atoms with van der Waals surface area (Å²) in [6.07, 6.45) is 11.2. The summed E-state index contributed by atoms with van der Waals surface area (Å²) in [5, 5.41) is 0. The summed E-state index contributed by atoms with van der Waals surface area (Å²) in [6, 6.07) is 17.1. The maximum Gasteiger partial charge on any atom is 0.184 e. The standard InChI is InChI=1S/C32H36N2O/c1-31(2)24-14-7-9-16-26(24)33(5)28(31)20-18-22-12-11-13-23(30(22)35)19-21-29-32(3,4)25-15-8-10-17-27(25)34(29)6/h7-10,14-21H,11-13H2,1-6H3/b22-18-,23-19+,28-20-,29-21+. The topological polar surface area (TPSA) is 23.6 Å². The van der Waals surface area contributed by atoms with Crippen molar-refractivity contribution in [3.8, 4) is 0 Å². The van der Waals surface area contributed by atoms with Crippen molar-refractivity contribution in [3.63, 3.8) is 0 Å². The van der Waals surface area contributed by atoms with E-state index in [2.05, 4.69) is 124 Å². The second-order valence-electron chi connectivity index (χ2n) is 11.1. The molecule has 35 heavy (non-hydrogen) atoms. The van der Waals surface area contributed by atoms with Gasteiger partial charge in [-0.25, -0.2) is 0 Å². The first-order valence-electron chi connectivity index (χ1n) is 12.7. The fourth-order valence-corrected chi connectivity index (χ4v) is 6.18. The molecule has 0 amide bonds. The molecule has 0 bridgehead atoms. The molecule has 0 saturated heterocycles. The Kier molecular flexibility index (Phi) is 5.62. The van der Waals surface area contributed by atoms with E-state index in [1.54, 1.807) is 0 Å². The highest BCUT2D eigenvalue weighted by molar-refractivity contribution is 6.09. The third-order valence-electron chi connectivity index (χ3n) is 8.24. The lowest BCUT2D eigenvalue weighted by molar-refractivity contribution is -0.113. The molecule has 2 aromatic rings. The van der Waals surface area contributed by atoms with Gasteiger partial charge < -0.3 is 9.80 Å². The number of hydrogen-bond donors (Lipinski definition) is 0. The van der Waals surface area contributed by atoms with Gasteiger partial charge in [0.15, 0.2) is 5.78 Å². The smallest absolute Gasteiger partial charge is 0.184 e. The summed E-state index contributed by atoms with van der Waals surface area (Å²) in [7, 11) is 4.24. The molecule has 2 aliphatic heterocycles. The molecular weight excluding hydrogens is 428 g/mol. The van der Waals surface area contributed by atoms with Gasteiger partial charge >= 0.3 is 0 Å². The molecule has 5 rings (SSSR count). The van der Waals surface area contributed by atoms with Gasteiger partial charge in [-0.1, -0.05) is 76.2 Å². The van der Waals surface area contributed by atoms with E-state index in [0.29, 0.717) is 0 Å². The first-order chi connectivity index (χ1) is 16.6. The lowest BCUT2D eigenvalue weighted by atomic mass is 9.82. The van der Waals surface area contributed by atoms with E-state index in [0.717, 1.165) is 30.4 Å². The van der Waals surface area contributed by atoms with Gasteiger partial charge in [-0.05, 0) is 65.8 Å². The minimum atomic E-state index is -0.0865. The van der Waals surface area contributed by atoms with Gasteiger partial charge in [-0.15, -0.1) is 0 Å². The van der Waals surface area contributed by atoms with Crippen molar-refractivity contribution in [2.75, 3.05) is 23.9 Å². The Morgan fingerprint density at radius 3 is 1.46 bits per heavy atom. The molecule has 0 atom stereocenters. The highest BCUT2D eigenvalue weighted by atomic mass is 16.1. The lowest BCUT2D eigenvalue weighted by Crippen LogP contribution is -2.23. The Morgan fingerprint density at radius 1 is 0.657 bits per heavy atom. The zero-order valence-corrected chi connectivity index (χ0v) is 21.9. The van der Waals surface area contributed by atoms with Crippen LogP contribution in [0.5, 0.6) is 0 Å². The Hall–Kier alpha value is -3.33. The minimum Gasteiger partial charge on any atom is -0.347 e. The van der Waals surface area contributed by atoms with Crippen LogP contribution < -0.4 is 9.80 Å². The number of hydrogen-bond acceptors (Lipinski definition) is 3. The Morgan fingerprint density at radius 2 is 1.06 bits per heavy atom. The zero-order valence-electron chi connectivity index (χ0n) is 21.9. The molecule has 0 aromatic heterocycles.